The van der Waals surface area contributed by atoms with Crippen molar-refractivity contribution in [2.45, 2.75) is 45.0 Å². The third kappa shape index (κ3) is 3.06. The largest absolute Gasteiger partial charge is 0.360 e. The van der Waals surface area contributed by atoms with E-state index in [1.54, 1.807) is 0 Å². The monoisotopic (exact) mass is 221 g/mol. The normalized spacial score (nSPS) is 20.2. The van der Waals surface area contributed by atoms with Gasteiger partial charge in [0.1, 0.15) is 6.73 Å². The first-order valence-corrected chi connectivity index (χ1v) is 6.22. The second-order valence-electron chi connectivity index (χ2n) is 4.98. The Kier molecular flexibility index (Phi) is 2.93. The van der Waals surface area contributed by atoms with Crippen LogP contribution in [0.1, 0.15) is 31.4 Å². The summed E-state index contributed by atoms with van der Waals surface area (Å²) in [4.78, 5) is 4.35. The van der Waals surface area contributed by atoms with Crippen LogP contribution < -0.4 is 5.32 Å². The summed E-state index contributed by atoms with van der Waals surface area (Å²) in [5.74, 6) is 0.833. The summed E-state index contributed by atoms with van der Waals surface area (Å²) in [6.45, 7) is 2.45. The van der Waals surface area contributed by atoms with Crippen LogP contribution in [-0.4, -0.2) is 22.2 Å². The van der Waals surface area contributed by atoms with Crippen LogP contribution in [0.25, 0.3) is 0 Å². The number of ether oxygens (including phenoxy) is 1. The summed E-state index contributed by atoms with van der Waals surface area (Å²) in [6, 6.07) is 0.747. The van der Waals surface area contributed by atoms with Crippen molar-refractivity contribution in [2.24, 2.45) is 5.92 Å². The van der Waals surface area contributed by atoms with E-state index in [2.05, 4.69) is 16.5 Å². The first-order valence-electron chi connectivity index (χ1n) is 6.22. The molecular weight excluding hydrogens is 202 g/mol. The van der Waals surface area contributed by atoms with Gasteiger partial charge in [0, 0.05) is 18.8 Å². The first kappa shape index (κ1) is 10.3. The summed E-state index contributed by atoms with van der Waals surface area (Å²) in [5.41, 5.74) is 1.11. The van der Waals surface area contributed by atoms with E-state index in [0.29, 0.717) is 6.73 Å². The van der Waals surface area contributed by atoms with Crippen molar-refractivity contribution in [3.8, 4) is 0 Å². The summed E-state index contributed by atoms with van der Waals surface area (Å²) in [6.07, 6.45) is 9.27. The minimum absolute atomic E-state index is 0.646. The van der Waals surface area contributed by atoms with E-state index >= 15 is 0 Å². The average Bonchev–Trinajstić information content (AvgIpc) is 3.18. The summed E-state index contributed by atoms with van der Waals surface area (Å²) >= 11 is 0. The average molecular weight is 221 g/mol. The highest BCUT2D eigenvalue weighted by Gasteiger charge is 2.21. The van der Waals surface area contributed by atoms with Gasteiger partial charge in [-0.25, -0.2) is 4.98 Å². The lowest BCUT2D eigenvalue weighted by Gasteiger charge is -2.03. The molecule has 2 saturated carbocycles. The zero-order valence-electron chi connectivity index (χ0n) is 9.56. The van der Waals surface area contributed by atoms with Gasteiger partial charge in [-0.1, -0.05) is 0 Å². The standard InChI is InChI=1S/C12H19N3O/c1-2-10(1)7-16-9-15-6-12(14-8-15)5-13-11-3-4-11/h6,8,10-11,13H,1-5,7,9H2. The van der Waals surface area contributed by atoms with Crippen molar-refractivity contribution in [1.29, 1.82) is 0 Å². The van der Waals surface area contributed by atoms with Crippen LogP contribution in [0, 0.1) is 5.92 Å². The van der Waals surface area contributed by atoms with Gasteiger partial charge in [-0.05, 0) is 31.6 Å². The molecule has 16 heavy (non-hydrogen) atoms. The van der Waals surface area contributed by atoms with Crippen molar-refractivity contribution in [3.63, 3.8) is 0 Å². The fraction of sp³-hybridized carbons (Fsp3) is 0.750. The molecule has 2 aliphatic rings. The molecule has 0 saturated heterocycles. The summed E-state index contributed by atoms with van der Waals surface area (Å²) in [5, 5.41) is 3.45. The highest BCUT2D eigenvalue weighted by molar-refractivity contribution is 4.97. The van der Waals surface area contributed by atoms with Gasteiger partial charge in [-0.15, -0.1) is 0 Å². The third-order valence-electron chi connectivity index (χ3n) is 3.13. The predicted octanol–water partition coefficient (Wildman–Crippen LogP) is 1.52. The van der Waals surface area contributed by atoms with Crippen molar-refractivity contribution in [2.75, 3.05) is 6.61 Å². The van der Waals surface area contributed by atoms with Gasteiger partial charge in [0.25, 0.3) is 0 Å². The molecule has 0 unspecified atom stereocenters. The molecule has 0 aliphatic heterocycles. The van der Waals surface area contributed by atoms with Crippen molar-refractivity contribution < 1.29 is 4.74 Å². The van der Waals surface area contributed by atoms with E-state index in [9.17, 15) is 0 Å². The minimum Gasteiger partial charge on any atom is -0.360 e. The number of rotatable bonds is 7. The maximum Gasteiger partial charge on any atom is 0.123 e. The molecule has 1 aromatic heterocycles. The van der Waals surface area contributed by atoms with E-state index in [1.807, 2.05) is 10.9 Å². The molecule has 1 heterocycles. The molecular formula is C12H19N3O. The lowest BCUT2D eigenvalue weighted by Crippen LogP contribution is -2.15. The SMILES string of the molecule is c1nc(CNC2CC2)cn1COCC1CC1. The Morgan fingerprint density at radius 2 is 2.25 bits per heavy atom. The number of hydrogen-bond donors (Lipinski definition) is 1. The number of imidazole rings is 1. The molecule has 3 rings (SSSR count). The molecule has 0 amide bonds. The molecule has 1 aromatic rings. The Morgan fingerprint density at radius 3 is 3.00 bits per heavy atom. The number of hydrogen-bond acceptors (Lipinski definition) is 3. The van der Waals surface area contributed by atoms with Gasteiger partial charge in [-0.2, -0.15) is 0 Å². The van der Waals surface area contributed by atoms with Crippen LogP contribution in [0.2, 0.25) is 0 Å². The molecule has 4 nitrogen and oxygen atoms in total. The number of aromatic nitrogens is 2. The van der Waals surface area contributed by atoms with Crippen LogP contribution in [0.3, 0.4) is 0 Å². The van der Waals surface area contributed by atoms with Crippen LogP contribution in [-0.2, 0) is 18.0 Å². The molecule has 0 atom stereocenters. The van der Waals surface area contributed by atoms with Gasteiger partial charge in [0.15, 0.2) is 0 Å². The van der Waals surface area contributed by atoms with Crippen LogP contribution >= 0.6 is 0 Å². The minimum atomic E-state index is 0.646. The Hall–Kier alpha value is -0.870. The Labute approximate surface area is 96.0 Å². The predicted molar refractivity (Wildman–Crippen MR) is 60.8 cm³/mol. The molecule has 1 N–H and O–H groups in total. The molecule has 0 radical (unpaired) electrons. The van der Waals surface area contributed by atoms with Gasteiger partial charge in [-0.3, -0.25) is 0 Å². The van der Waals surface area contributed by atoms with Gasteiger partial charge < -0.3 is 14.6 Å². The Balaban J connectivity index is 1.39. The first-order chi connectivity index (χ1) is 7.90. The van der Waals surface area contributed by atoms with Gasteiger partial charge in [0.05, 0.1) is 18.6 Å². The lowest BCUT2D eigenvalue weighted by molar-refractivity contribution is 0.0689. The van der Waals surface area contributed by atoms with E-state index in [-0.39, 0.29) is 0 Å². The second-order valence-corrected chi connectivity index (χ2v) is 4.98. The fourth-order valence-corrected chi connectivity index (χ4v) is 1.71. The third-order valence-corrected chi connectivity index (χ3v) is 3.13. The second kappa shape index (κ2) is 4.55. The fourth-order valence-electron chi connectivity index (χ4n) is 1.71. The lowest BCUT2D eigenvalue weighted by atomic mass is 10.4. The topological polar surface area (TPSA) is 39.1 Å². The zero-order valence-corrected chi connectivity index (χ0v) is 9.56. The van der Waals surface area contributed by atoms with E-state index < -0.39 is 0 Å². The maximum absolute atomic E-state index is 5.60. The van der Waals surface area contributed by atoms with E-state index in [1.165, 1.54) is 25.7 Å². The molecule has 88 valence electrons. The Morgan fingerprint density at radius 1 is 1.38 bits per heavy atom. The van der Waals surface area contributed by atoms with Crippen molar-refractivity contribution in [1.82, 2.24) is 14.9 Å². The van der Waals surface area contributed by atoms with Crippen molar-refractivity contribution >= 4 is 0 Å². The smallest absolute Gasteiger partial charge is 0.123 e. The molecule has 2 aliphatic carbocycles. The highest BCUT2D eigenvalue weighted by Crippen LogP contribution is 2.28. The molecule has 4 heteroatoms. The van der Waals surface area contributed by atoms with Crippen LogP contribution in [0.5, 0.6) is 0 Å². The summed E-state index contributed by atoms with van der Waals surface area (Å²) in [7, 11) is 0. The molecule has 0 spiro atoms. The number of nitrogens with one attached hydrogen (secondary N) is 1. The van der Waals surface area contributed by atoms with E-state index in [4.69, 9.17) is 4.74 Å². The number of nitrogens with zero attached hydrogens (tertiary/aromatic N) is 2. The van der Waals surface area contributed by atoms with E-state index in [0.717, 1.165) is 30.8 Å². The van der Waals surface area contributed by atoms with Crippen molar-refractivity contribution in [3.05, 3.63) is 18.2 Å². The van der Waals surface area contributed by atoms with Crippen LogP contribution in [0.15, 0.2) is 12.5 Å². The molecule has 0 bridgehead atoms. The molecule has 0 aromatic carbocycles. The summed E-state index contributed by atoms with van der Waals surface area (Å²) < 4.78 is 7.62. The maximum atomic E-state index is 5.60. The van der Waals surface area contributed by atoms with Gasteiger partial charge in [0.2, 0.25) is 0 Å². The highest BCUT2D eigenvalue weighted by atomic mass is 16.5. The quantitative estimate of drug-likeness (QED) is 0.758. The zero-order chi connectivity index (χ0) is 10.8. The molecule has 2 fully saturated rings. The van der Waals surface area contributed by atoms with Gasteiger partial charge >= 0.3 is 0 Å². The Bertz CT molecular complexity index is 342. The van der Waals surface area contributed by atoms with Crippen LogP contribution in [0.4, 0.5) is 0 Å².